The molecular weight excluding hydrogens is 284 g/mol. The highest BCUT2D eigenvalue weighted by atomic mass is 16.3. The van der Waals surface area contributed by atoms with Crippen molar-refractivity contribution in [3.05, 3.63) is 77.9 Å². The smallest absolute Gasteiger partial charge is 0.227 e. The summed E-state index contributed by atoms with van der Waals surface area (Å²) in [6.07, 6.45) is 0. The molecule has 1 unspecified atom stereocenters. The molecule has 4 aromatic rings. The quantitative estimate of drug-likeness (QED) is 0.562. The van der Waals surface area contributed by atoms with E-state index in [1.165, 1.54) is 5.56 Å². The number of fused-ring (bicyclic) bond motifs is 4. The van der Waals surface area contributed by atoms with Gasteiger partial charge in [0.25, 0.3) is 0 Å². The van der Waals surface area contributed by atoms with Gasteiger partial charge in [-0.1, -0.05) is 48.5 Å². The van der Waals surface area contributed by atoms with Crippen LogP contribution in [0.5, 0.6) is 0 Å². The Hall–Kier alpha value is -2.91. The van der Waals surface area contributed by atoms with E-state index in [1.54, 1.807) is 0 Å². The van der Waals surface area contributed by atoms with E-state index in [-0.39, 0.29) is 6.04 Å². The lowest BCUT2D eigenvalue weighted by molar-refractivity contribution is 0.620. The molecule has 110 valence electrons. The predicted molar refractivity (Wildman–Crippen MR) is 90.9 cm³/mol. The van der Waals surface area contributed by atoms with Gasteiger partial charge in [-0.2, -0.15) is 0 Å². The van der Waals surface area contributed by atoms with Crippen LogP contribution in [0.25, 0.3) is 33.7 Å². The lowest BCUT2D eigenvalue weighted by Crippen LogP contribution is -2.07. The molecule has 1 heterocycles. The molecule has 1 aromatic heterocycles. The number of aromatic nitrogens is 1. The summed E-state index contributed by atoms with van der Waals surface area (Å²) in [6.45, 7) is 0. The van der Waals surface area contributed by atoms with Crippen LogP contribution in [-0.4, -0.2) is 4.98 Å². The van der Waals surface area contributed by atoms with Crippen LogP contribution >= 0.6 is 0 Å². The zero-order valence-electron chi connectivity index (χ0n) is 12.4. The third-order valence-electron chi connectivity index (χ3n) is 4.52. The fraction of sp³-hybridized carbons (Fsp3) is 0.0500. The topological polar surface area (TPSA) is 52.0 Å². The molecule has 0 aliphatic heterocycles. The van der Waals surface area contributed by atoms with Gasteiger partial charge in [0.05, 0.1) is 6.04 Å². The first kappa shape index (κ1) is 12.6. The van der Waals surface area contributed by atoms with Crippen molar-refractivity contribution in [2.75, 3.05) is 0 Å². The number of nitrogens with zero attached hydrogens (tertiary/aromatic N) is 1. The van der Waals surface area contributed by atoms with E-state index in [1.807, 2.05) is 42.5 Å². The molecule has 0 saturated heterocycles. The Bertz CT molecular complexity index is 1020. The normalized spacial score (nSPS) is 15.6. The molecule has 1 aliphatic rings. The van der Waals surface area contributed by atoms with E-state index < -0.39 is 0 Å². The number of para-hydroxylation sites is 2. The second-order valence-electron chi connectivity index (χ2n) is 5.82. The SMILES string of the molecule is NC1c2ccccc2-c2c(-c3nc4ccccc4o3)cccc21. The van der Waals surface area contributed by atoms with Gasteiger partial charge >= 0.3 is 0 Å². The highest BCUT2D eigenvalue weighted by Gasteiger charge is 2.29. The summed E-state index contributed by atoms with van der Waals surface area (Å²) in [7, 11) is 0. The Labute approximate surface area is 133 Å². The van der Waals surface area contributed by atoms with Crippen LogP contribution < -0.4 is 5.73 Å². The Morgan fingerprint density at radius 1 is 0.783 bits per heavy atom. The zero-order valence-corrected chi connectivity index (χ0v) is 12.4. The minimum absolute atomic E-state index is 0.0921. The lowest BCUT2D eigenvalue weighted by Gasteiger charge is -2.07. The monoisotopic (exact) mass is 298 g/mol. The second-order valence-corrected chi connectivity index (χ2v) is 5.82. The minimum atomic E-state index is -0.0921. The molecule has 0 saturated carbocycles. The first-order chi connectivity index (χ1) is 11.3. The molecule has 0 spiro atoms. The fourth-order valence-corrected chi connectivity index (χ4v) is 3.46. The summed E-state index contributed by atoms with van der Waals surface area (Å²) in [5.74, 6) is 0.645. The van der Waals surface area contributed by atoms with Crippen LogP contribution in [0, 0.1) is 0 Å². The summed E-state index contributed by atoms with van der Waals surface area (Å²) in [5.41, 5.74) is 13.7. The molecule has 0 fully saturated rings. The van der Waals surface area contributed by atoms with Gasteiger partial charge in [-0.15, -0.1) is 0 Å². The molecule has 0 radical (unpaired) electrons. The van der Waals surface area contributed by atoms with Gasteiger partial charge in [-0.25, -0.2) is 4.98 Å². The summed E-state index contributed by atoms with van der Waals surface area (Å²) in [4.78, 5) is 4.65. The molecule has 3 heteroatoms. The van der Waals surface area contributed by atoms with Gasteiger partial charge in [-0.05, 0) is 40.5 Å². The average molecular weight is 298 g/mol. The van der Waals surface area contributed by atoms with E-state index in [2.05, 4.69) is 29.2 Å². The number of rotatable bonds is 1. The van der Waals surface area contributed by atoms with Crippen molar-refractivity contribution < 1.29 is 4.42 Å². The number of hydrogen-bond donors (Lipinski definition) is 1. The van der Waals surface area contributed by atoms with Crippen LogP contribution in [0.2, 0.25) is 0 Å². The van der Waals surface area contributed by atoms with Gasteiger partial charge in [0.15, 0.2) is 5.58 Å². The molecular formula is C20H14N2O. The molecule has 1 atom stereocenters. The Morgan fingerprint density at radius 2 is 1.52 bits per heavy atom. The van der Waals surface area contributed by atoms with E-state index in [4.69, 9.17) is 10.2 Å². The average Bonchev–Trinajstić information content (AvgIpc) is 3.15. The summed E-state index contributed by atoms with van der Waals surface area (Å²) < 4.78 is 5.98. The highest BCUT2D eigenvalue weighted by Crippen LogP contribution is 2.46. The Kier molecular flexibility index (Phi) is 2.49. The van der Waals surface area contributed by atoms with Gasteiger partial charge in [-0.3, -0.25) is 0 Å². The predicted octanol–water partition coefficient (Wildman–Crippen LogP) is 4.52. The van der Waals surface area contributed by atoms with Crippen LogP contribution in [0.15, 0.2) is 71.1 Å². The van der Waals surface area contributed by atoms with Crippen molar-refractivity contribution in [3.8, 4) is 22.6 Å². The number of oxazole rings is 1. The van der Waals surface area contributed by atoms with Crippen molar-refractivity contribution in [2.24, 2.45) is 5.73 Å². The third kappa shape index (κ3) is 1.71. The van der Waals surface area contributed by atoms with Crippen LogP contribution in [0.3, 0.4) is 0 Å². The largest absolute Gasteiger partial charge is 0.436 e. The molecule has 0 amide bonds. The molecule has 5 rings (SSSR count). The Morgan fingerprint density at radius 3 is 2.43 bits per heavy atom. The second kappa shape index (κ2) is 4.54. The summed E-state index contributed by atoms with van der Waals surface area (Å²) in [6, 6.07) is 22.2. The molecule has 2 N–H and O–H groups in total. The molecule has 0 bridgehead atoms. The maximum atomic E-state index is 6.43. The Balaban J connectivity index is 1.81. The van der Waals surface area contributed by atoms with E-state index in [9.17, 15) is 0 Å². The maximum Gasteiger partial charge on any atom is 0.227 e. The van der Waals surface area contributed by atoms with Crippen molar-refractivity contribution in [2.45, 2.75) is 6.04 Å². The molecule has 3 nitrogen and oxygen atoms in total. The van der Waals surface area contributed by atoms with Crippen molar-refractivity contribution >= 4 is 11.1 Å². The highest BCUT2D eigenvalue weighted by molar-refractivity contribution is 5.90. The van der Waals surface area contributed by atoms with E-state index >= 15 is 0 Å². The molecule has 1 aliphatic carbocycles. The first-order valence-electron chi connectivity index (χ1n) is 7.66. The van der Waals surface area contributed by atoms with Crippen LogP contribution in [-0.2, 0) is 0 Å². The maximum absolute atomic E-state index is 6.43. The summed E-state index contributed by atoms with van der Waals surface area (Å²) >= 11 is 0. The van der Waals surface area contributed by atoms with E-state index in [0.29, 0.717) is 5.89 Å². The van der Waals surface area contributed by atoms with E-state index in [0.717, 1.165) is 33.4 Å². The number of hydrogen-bond acceptors (Lipinski definition) is 3. The lowest BCUT2D eigenvalue weighted by atomic mass is 9.99. The molecule has 3 aromatic carbocycles. The first-order valence-corrected chi connectivity index (χ1v) is 7.66. The van der Waals surface area contributed by atoms with Gasteiger partial charge < -0.3 is 10.2 Å². The van der Waals surface area contributed by atoms with Crippen molar-refractivity contribution in [1.82, 2.24) is 4.98 Å². The van der Waals surface area contributed by atoms with Crippen LogP contribution in [0.1, 0.15) is 17.2 Å². The van der Waals surface area contributed by atoms with Gasteiger partial charge in [0.1, 0.15) is 5.52 Å². The zero-order chi connectivity index (χ0) is 15.4. The number of benzene rings is 3. The molecule has 23 heavy (non-hydrogen) atoms. The van der Waals surface area contributed by atoms with Gasteiger partial charge in [0.2, 0.25) is 5.89 Å². The van der Waals surface area contributed by atoms with Crippen molar-refractivity contribution in [1.29, 1.82) is 0 Å². The third-order valence-corrected chi connectivity index (χ3v) is 4.52. The number of nitrogens with two attached hydrogens (primary N) is 1. The fourth-order valence-electron chi connectivity index (χ4n) is 3.46. The van der Waals surface area contributed by atoms with Gasteiger partial charge in [0, 0.05) is 5.56 Å². The van der Waals surface area contributed by atoms with Crippen molar-refractivity contribution in [3.63, 3.8) is 0 Å². The van der Waals surface area contributed by atoms with Crippen LogP contribution in [0.4, 0.5) is 0 Å². The summed E-state index contributed by atoms with van der Waals surface area (Å²) in [5, 5.41) is 0. The minimum Gasteiger partial charge on any atom is -0.436 e. The standard InChI is InChI=1S/C20H14N2O/c21-19-13-7-2-1-6-12(13)18-14(19)8-5-9-15(18)20-22-16-10-3-4-11-17(16)23-20/h1-11,19H,21H2.